The predicted octanol–water partition coefficient (Wildman–Crippen LogP) is 3.53. The number of benzene rings is 1. The first kappa shape index (κ1) is 18.5. The number of para-hydroxylation sites is 1. The third kappa shape index (κ3) is 4.10. The van der Waals surface area contributed by atoms with Crippen molar-refractivity contribution in [2.24, 2.45) is 0 Å². The van der Waals surface area contributed by atoms with Gasteiger partial charge in [-0.1, -0.05) is 18.2 Å². The van der Waals surface area contributed by atoms with Crippen molar-refractivity contribution in [2.75, 3.05) is 5.32 Å². The molecule has 0 saturated heterocycles. The number of carbonyl (C=O) groups is 1. The molecule has 2 N–H and O–H groups in total. The summed E-state index contributed by atoms with van der Waals surface area (Å²) >= 11 is 0. The van der Waals surface area contributed by atoms with E-state index in [-0.39, 0.29) is 18.1 Å². The van der Waals surface area contributed by atoms with Crippen LogP contribution < -0.4 is 10.1 Å². The first-order valence-electron chi connectivity index (χ1n) is 7.91. The van der Waals surface area contributed by atoms with Crippen LogP contribution in [-0.4, -0.2) is 25.9 Å². The highest BCUT2D eigenvalue weighted by atomic mass is 19.4. The van der Waals surface area contributed by atoms with E-state index in [4.69, 9.17) is 4.74 Å². The molecule has 0 aliphatic carbocycles. The van der Waals surface area contributed by atoms with Crippen LogP contribution in [0.4, 0.5) is 18.9 Å². The van der Waals surface area contributed by atoms with Crippen molar-refractivity contribution in [3.63, 3.8) is 0 Å². The molecule has 0 unspecified atom stereocenters. The fourth-order valence-corrected chi connectivity index (χ4v) is 2.37. The van der Waals surface area contributed by atoms with E-state index in [9.17, 15) is 18.0 Å². The van der Waals surface area contributed by atoms with Crippen LogP contribution in [0.25, 0.3) is 0 Å². The van der Waals surface area contributed by atoms with Crippen LogP contribution in [0.5, 0.6) is 5.75 Å². The van der Waals surface area contributed by atoms with Crippen molar-refractivity contribution in [1.29, 1.82) is 0 Å². The zero-order valence-electron chi connectivity index (χ0n) is 14.5. The van der Waals surface area contributed by atoms with Gasteiger partial charge in [0.2, 0.25) is 0 Å². The molecule has 3 aromatic rings. The van der Waals surface area contributed by atoms with Gasteiger partial charge in [-0.3, -0.25) is 9.89 Å². The van der Waals surface area contributed by atoms with Crippen LogP contribution in [0, 0.1) is 13.8 Å². The van der Waals surface area contributed by atoms with Crippen LogP contribution in [0.3, 0.4) is 0 Å². The van der Waals surface area contributed by atoms with Gasteiger partial charge in [0, 0.05) is 6.20 Å². The number of aromatic nitrogens is 4. The molecule has 1 aromatic carbocycles. The molecule has 1 amide bonds. The number of hydrogen-bond acceptors (Lipinski definition) is 4. The SMILES string of the molecule is Cc1ccccc1OCn1ccc(C(=O)Nc2c(C(F)(F)F)n[nH]c2C)n1. The van der Waals surface area contributed by atoms with Crippen LogP contribution in [0.15, 0.2) is 36.5 Å². The summed E-state index contributed by atoms with van der Waals surface area (Å²) in [5.74, 6) is -0.109. The first-order chi connectivity index (χ1) is 12.8. The molecular formula is C17H16F3N5O2. The number of alkyl halides is 3. The zero-order chi connectivity index (χ0) is 19.6. The van der Waals surface area contributed by atoms with E-state index in [1.165, 1.54) is 23.9 Å². The maximum absolute atomic E-state index is 12.9. The van der Waals surface area contributed by atoms with Gasteiger partial charge in [-0.15, -0.1) is 0 Å². The Hall–Kier alpha value is -3.30. The molecule has 0 atom stereocenters. The molecule has 0 fully saturated rings. The summed E-state index contributed by atoms with van der Waals surface area (Å²) in [5.41, 5.74) is -0.610. The van der Waals surface area contributed by atoms with E-state index in [1.54, 1.807) is 6.07 Å². The number of amides is 1. The number of hydrogen-bond donors (Lipinski definition) is 2. The number of ether oxygens (including phenoxy) is 1. The van der Waals surface area contributed by atoms with Crippen molar-refractivity contribution in [3.8, 4) is 5.75 Å². The van der Waals surface area contributed by atoms with Crippen LogP contribution in [0.2, 0.25) is 0 Å². The fourth-order valence-electron chi connectivity index (χ4n) is 2.37. The first-order valence-corrected chi connectivity index (χ1v) is 7.91. The quantitative estimate of drug-likeness (QED) is 0.710. The maximum atomic E-state index is 12.9. The number of rotatable bonds is 5. The molecule has 3 rings (SSSR count). The van der Waals surface area contributed by atoms with Gasteiger partial charge in [0.15, 0.2) is 18.1 Å². The van der Waals surface area contributed by atoms with E-state index < -0.39 is 23.5 Å². The Morgan fingerprint density at radius 3 is 2.70 bits per heavy atom. The minimum Gasteiger partial charge on any atom is -0.471 e. The minimum absolute atomic E-state index is 0.0443. The largest absolute Gasteiger partial charge is 0.471 e. The Morgan fingerprint density at radius 1 is 1.26 bits per heavy atom. The Bertz CT molecular complexity index is 962. The number of aryl methyl sites for hydroxylation is 2. The molecule has 27 heavy (non-hydrogen) atoms. The molecule has 2 aromatic heterocycles. The normalized spacial score (nSPS) is 11.4. The molecular weight excluding hydrogens is 363 g/mol. The summed E-state index contributed by atoms with van der Waals surface area (Å²) in [4.78, 5) is 12.2. The van der Waals surface area contributed by atoms with Gasteiger partial charge in [-0.2, -0.15) is 23.4 Å². The van der Waals surface area contributed by atoms with E-state index in [0.29, 0.717) is 5.75 Å². The van der Waals surface area contributed by atoms with E-state index in [0.717, 1.165) is 5.56 Å². The third-order valence-electron chi connectivity index (χ3n) is 3.77. The van der Waals surface area contributed by atoms with Gasteiger partial charge in [0.25, 0.3) is 5.91 Å². The number of carbonyl (C=O) groups excluding carboxylic acids is 1. The summed E-state index contributed by atoms with van der Waals surface area (Å²) < 4.78 is 45.8. The van der Waals surface area contributed by atoms with Crippen molar-refractivity contribution in [1.82, 2.24) is 20.0 Å². The van der Waals surface area contributed by atoms with Crippen molar-refractivity contribution < 1.29 is 22.7 Å². The predicted molar refractivity (Wildman–Crippen MR) is 90.3 cm³/mol. The lowest BCUT2D eigenvalue weighted by Crippen LogP contribution is -2.17. The average molecular weight is 379 g/mol. The lowest BCUT2D eigenvalue weighted by Gasteiger charge is -2.09. The molecule has 10 heteroatoms. The topological polar surface area (TPSA) is 84.8 Å². The number of aromatic amines is 1. The monoisotopic (exact) mass is 379 g/mol. The second-order valence-electron chi connectivity index (χ2n) is 5.80. The zero-order valence-corrected chi connectivity index (χ0v) is 14.5. The number of halogens is 3. The lowest BCUT2D eigenvalue weighted by molar-refractivity contribution is -0.140. The van der Waals surface area contributed by atoms with Crippen molar-refractivity contribution in [3.05, 3.63) is 59.2 Å². The summed E-state index contributed by atoms with van der Waals surface area (Å²) in [6.07, 6.45) is -3.19. The highest BCUT2D eigenvalue weighted by molar-refractivity contribution is 6.03. The van der Waals surface area contributed by atoms with Gasteiger partial charge in [-0.05, 0) is 31.5 Å². The second-order valence-corrected chi connectivity index (χ2v) is 5.80. The van der Waals surface area contributed by atoms with Crippen LogP contribution in [-0.2, 0) is 12.9 Å². The van der Waals surface area contributed by atoms with Crippen LogP contribution in [0.1, 0.15) is 27.4 Å². The molecule has 2 heterocycles. The van der Waals surface area contributed by atoms with Gasteiger partial charge in [-0.25, -0.2) is 4.68 Å². The molecule has 0 radical (unpaired) electrons. The number of nitrogens with one attached hydrogen (secondary N) is 2. The molecule has 0 saturated carbocycles. The van der Waals surface area contributed by atoms with Gasteiger partial charge < -0.3 is 10.1 Å². The summed E-state index contributed by atoms with van der Waals surface area (Å²) in [5, 5.41) is 11.7. The number of H-pyrrole nitrogens is 1. The van der Waals surface area contributed by atoms with E-state index in [1.807, 2.05) is 25.1 Å². The average Bonchev–Trinajstić information content (AvgIpc) is 3.21. The minimum atomic E-state index is -4.69. The molecule has 0 spiro atoms. The maximum Gasteiger partial charge on any atom is 0.437 e. The summed E-state index contributed by atoms with van der Waals surface area (Å²) in [6, 6.07) is 8.79. The molecule has 0 aliphatic rings. The third-order valence-corrected chi connectivity index (χ3v) is 3.77. The molecule has 0 aliphatic heterocycles. The molecule has 142 valence electrons. The summed E-state index contributed by atoms with van der Waals surface area (Å²) in [7, 11) is 0. The smallest absolute Gasteiger partial charge is 0.437 e. The molecule has 0 bridgehead atoms. The Labute approximate surface area is 152 Å². The summed E-state index contributed by atoms with van der Waals surface area (Å²) in [6.45, 7) is 3.33. The van der Waals surface area contributed by atoms with E-state index >= 15 is 0 Å². The highest BCUT2D eigenvalue weighted by Gasteiger charge is 2.38. The van der Waals surface area contributed by atoms with Gasteiger partial charge in [0.05, 0.1) is 11.4 Å². The Morgan fingerprint density at radius 2 is 2.00 bits per heavy atom. The standard InChI is InChI=1S/C17H16F3N5O2/c1-10-5-3-4-6-13(10)27-9-25-8-7-12(24-25)16(26)21-14-11(2)22-23-15(14)17(18,19)20/h3-8H,9H2,1-2H3,(H,21,26)(H,22,23). The highest BCUT2D eigenvalue weighted by Crippen LogP contribution is 2.34. The Kier molecular flexibility index (Phi) is 4.89. The Balaban J connectivity index is 1.69. The van der Waals surface area contributed by atoms with Crippen molar-refractivity contribution >= 4 is 11.6 Å². The molecule has 7 nitrogen and oxygen atoms in total. The number of anilines is 1. The van der Waals surface area contributed by atoms with Gasteiger partial charge in [0.1, 0.15) is 5.75 Å². The number of nitrogens with zero attached hydrogens (tertiary/aromatic N) is 3. The fraction of sp³-hybridized carbons (Fsp3) is 0.235. The van der Waals surface area contributed by atoms with E-state index in [2.05, 4.69) is 20.6 Å². The van der Waals surface area contributed by atoms with Crippen LogP contribution >= 0.6 is 0 Å². The lowest BCUT2D eigenvalue weighted by atomic mass is 10.2. The van der Waals surface area contributed by atoms with Gasteiger partial charge >= 0.3 is 6.18 Å². The second kappa shape index (κ2) is 7.14. The van der Waals surface area contributed by atoms with Crippen molar-refractivity contribution in [2.45, 2.75) is 26.8 Å².